The van der Waals surface area contributed by atoms with E-state index in [1.165, 1.54) is 12.1 Å². The lowest BCUT2D eigenvalue weighted by Crippen LogP contribution is -2.28. The summed E-state index contributed by atoms with van der Waals surface area (Å²) in [5.41, 5.74) is 0.466. The Morgan fingerprint density at radius 3 is 2.31 bits per heavy atom. The Hall–Kier alpha value is -2.74. The molecule has 2 rings (SSSR count). The molecule has 0 aliphatic heterocycles. The zero-order valence-corrected chi connectivity index (χ0v) is 18.0. The lowest BCUT2D eigenvalue weighted by Gasteiger charge is -2.15. The molecule has 0 saturated carbocycles. The molecule has 2 aromatic rings. The monoisotopic (exact) mass is 420 g/mol. The van der Waals surface area contributed by atoms with Crippen LogP contribution in [-0.2, 0) is 10.0 Å². The molecule has 0 atom stereocenters. The zero-order valence-electron chi connectivity index (χ0n) is 17.2. The Bertz CT molecular complexity index is 942. The number of carbonyl (C=O) groups excluding carboxylic acids is 1. The summed E-state index contributed by atoms with van der Waals surface area (Å²) in [6.45, 7) is 8.91. The fourth-order valence-corrected chi connectivity index (χ4v) is 3.66. The van der Waals surface area contributed by atoms with Gasteiger partial charge in [-0.1, -0.05) is 26.0 Å². The van der Waals surface area contributed by atoms with Crippen molar-refractivity contribution in [2.45, 2.75) is 32.6 Å². The summed E-state index contributed by atoms with van der Waals surface area (Å²) in [7, 11) is -3.94. The van der Waals surface area contributed by atoms with E-state index in [1.54, 1.807) is 37.3 Å². The van der Waals surface area contributed by atoms with Crippen molar-refractivity contribution in [2.24, 2.45) is 5.92 Å². The van der Waals surface area contributed by atoms with Gasteiger partial charge >= 0.3 is 0 Å². The number of ether oxygens (including phenoxy) is 2. The predicted molar refractivity (Wildman–Crippen MR) is 113 cm³/mol. The molecule has 8 heteroatoms. The molecule has 7 nitrogen and oxygen atoms in total. The van der Waals surface area contributed by atoms with Crippen LogP contribution < -0.4 is 19.5 Å². The van der Waals surface area contributed by atoms with Crippen LogP contribution in [0.1, 0.15) is 38.1 Å². The van der Waals surface area contributed by atoms with Gasteiger partial charge in [0.05, 0.1) is 29.4 Å². The van der Waals surface area contributed by atoms with Gasteiger partial charge in [-0.05, 0) is 44.0 Å². The third-order valence-electron chi connectivity index (χ3n) is 3.91. The second-order valence-electron chi connectivity index (χ2n) is 6.73. The van der Waals surface area contributed by atoms with Crippen LogP contribution in [0.5, 0.6) is 11.5 Å². The van der Waals surface area contributed by atoms with Gasteiger partial charge in [0.25, 0.3) is 15.9 Å². The first-order valence-electron chi connectivity index (χ1n) is 9.58. The maximum absolute atomic E-state index is 12.9. The highest BCUT2D eigenvalue weighted by Gasteiger charge is 2.20. The molecule has 0 heterocycles. The van der Waals surface area contributed by atoms with E-state index < -0.39 is 10.0 Å². The van der Waals surface area contributed by atoms with Gasteiger partial charge in [-0.2, -0.15) is 0 Å². The Morgan fingerprint density at radius 1 is 1.00 bits per heavy atom. The van der Waals surface area contributed by atoms with Crippen LogP contribution in [0.3, 0.4) is 0 Å². The smallest absolute Gasteiger partial charge is 0.262 e. The lowest BCUT2D eigenvalue weighted by molar-refractivity contribution is 0.0950. The summed E-state index contributed by atoms with van der Waals surface area (Å²) in [6.07, 6.45) is 0. The van der Waals surface area contributed by atoms with E-state index in [4.69, 9.17) is 9.47 Å². The molecule has 29 heavy (non-hydrogen) atoms. The van der Waals surface area contributed by atoms with E-state index in [9.17, 15) is 13.2 Å². The second kappa shape index (κ2) is 10.2. The first kappa shape index (κ1) is 22.5. The summed E-state index contributed by atoms with van der Waals surface area (Å²) in [5, 5.41) is 2.80. The van der Waals surface area contributed by atoms with Gasteiger partial charge in [0.15, 0.2) is 11.5 Å². The SMILES string of the molecule is CCOc1ccc(S(=O)(=O)Nc2ccccc2C(=O)NCC(C)C)cc1OCC. The number of rotatable bonds is 10. The number of sulfonamides is 1. The number of benzene rings is 2. The number of hydrogen-bond acceptors (Lipinski definition) is 5. The van der Waals surface area contributed by atoms with Gasteiger partial charge in [-0.15, -0.1) is 0 Å². The lowest BCUT2D eigenvalue weighted by atomic mass is 10.1. The van der Waals surface area contributed by atoms with Gasteiger partial charge in [-0.25, -0.2) is 8.42 Å². The minimum Gasteiger partial charge on any atom is -0.490 e. The first-order chi connectivity index (χ1) is 13.8. The third-order valence-corrected chi connectivity index (χ3v) is 5.28. The maximum atomic E-state index is 12.9. The molecular formula is C21H28N2O5S. The average Bonchev–Trinajstić information content (AvgIpc) is 2.68. The van der Waals surface area contributed by atoms with Crippen LogP contribution in [0, 0.1) is 5.92 Å². The van der Waals surface area contributed by atoms with Gasteiger partial charge in [0.2, 0.25) is 0 Å². The van der Waals surface area contributed by atoms with E-state index in [2.05, 4.69) is 10.0 Å². The predicted octanol–water partition coefficient (Wildman–Crippen LogP) is 3.67. The Balaban J connectivity index is 2.32. The van der Waals surface area contributed by atoms with Gasteiger partial charge < -0.3 is 14.8 Å². The van der Waals surface area contributed by atoms with E-state index in [1.807, 2.05) is 20.8 Å². The molecule has 2 N–H and O–H groups in total. The van der Waals surface area contributed by atoms with Crippen molar-refractivity contribution in [3.63, 3.8) is 0 Å². The second-order valence-corrected chi connectivity index (χ2v) is 8.41. The summed E-state index contributed by atoms with van der Waals surface area (Å²) in [4.78, 5) is 12.5. The van der Waals surface area contributed by atoms with Gasteiger partial charge in [0.1, 0.15) is 0 Å². The molecule has 0 fully saturated rings. The molecule has 0 unspecified atom stereocenters. The number of para-hydroxylation sites is 1. The van der Waals surface area contributed by atoms with Crippen molar-refractivity contribution in [3.05, 3.63) is 48.0 Å². The Labute approximate surface area is 172 Å². The highest BCUT2D eigenvalue weighted by atomic mass is 32.2. The van der Waals surface area contributed by atoms with Crippen molar-refractivity contribution in [1.29, 1.82) is 0 Å². The van der Waals surface area contributed by atoms with Crippen molar-refractivity contribution < 1.29 is 22.7 Å². The maximum Gasteiger partial charge on any atom is 0.262 e. The fraction of sp³-hybridized carbons (Fsp3) is 0.381. The van der Waals surface area contributed by atoms with Gasteiger partial charge in [-0.3, -0.25) is 9.52 Å². The molecule has 0 bridgehead atoms. The number of amides is 1. The van der Waals surface area contributed by atoms with Crippen LogP contribution in [0.15, 0.2) is 47.4 Å². The molecule has 0 aliphatic rings. The van der Waals surface area contributed by atoms with Crippen LogP contribution in [0.4, 0.5) is 5.69 Å². The van der Waals surface area contributed by atoms with Crippen molar-refractivity contribution in [2.75, 3.05) is 24.5 Å². The number of nitrogens with one attached hydrogen (secondary N) is 2. The van der Waals surface area contributed by atoms with Crippen LogP contribution in [-0.4, -0.2) is 34.1 Å². The largest absolute Gasteiger partial charge is 0.490 e. The standard InChI is InChI=1S/C21H28N2O5S/c1-5-27-19-12-11-16(13-20(19)28-6-2)29(25,26)23-18-10-8-7-9-17(18)21(24)22-14-15(3)4/h7-13,15,23H,5-6,14H2,1-4H3,(H,22,24). The quantitative estimate of drug-likeness (QED) is 0.612. The van der Waals surface area contributed by atoms with Crippen molar-refractivity contribution in [1.82, 2.24) is 5.32 Å². The Morgan fingerprint density at radius 2 is 1.66 bits per heavy atom. The third kappa shape index (κ3) is 6.12. The normalized spacial score (nSPS) is 11.2. The molecule has 158 valence electrons. The van der Waals surface area contributed by atoms with Crippen molar-refractivity contribution in [3.8, 4) is 11.5 Å². The average molecular weight is 421 g/mol. The highest BCUT2D eigenvalue weighted by Crippen LogP contribution is 2.31. The molecule has 0 saturated heterocycles. The molecule has 2 aromatic carbocycles. The van der Waals surface area contributed by atoms with E-state index >= 15 is 0 Å². The van der Waals surface area contributed by atoms with E-state index in [-0.39, 0.29) is 28.0 Å². The summed E-state index contributed by atoms with van der Waals surface area (Å²) < 4.78 is 39.4. The van der Waals surface area contributed by atoms with Crippen molar-refractivity contribution >= 4 is 21.6 Å². The molecule has 0 aromatic heterocycles. The number of anilines is 1. The topological polar surface area (TPSA) is 93.7 Å². The minimum atomic E-state index is -3.94. The molecule has 0 radical (unpaired) electrons. The number of hydrogen-bond donors (Lipinski definition) is 2. The van der Waals surface area contributed by atoms with E-state index in [0.29, 0.717) is 31.3 Å². The Kier molecular flexibility index (Phi) is 7.90. The van der Waals surface area contributed by atoms with Crippen LogP contribution in [0.25, 0.3) is 0 Å². The molecule has 0 spiro atoms. The molecule has 1 amide bonds. The minimum absolute atomic E-state index is 0.0156. The van der Waals surface area contributed by atoms with Crippen LogP contribution in [0.2, 0.25) is 0 Å². The van der Waals surface area contributed by atoms with Gasteiger partial charge in [0, 0.05) is 12.6 Å². The molecular weight excluding hydrogens is 392 g/mol. The van der Waals surface area contributed by atoms with E-state index in [0.717, 1.165) is 0 Å². The first-order valence-corrected chi connectivity index (χ1v) is 11.1. The number of carbonyl (C=O) groups is 1. The molecule has 0 aliphatic carbocycles. The highest BCUT2D eigenvalue weighted by molar-refractivity contribution is 7.92. The summed E-state index contributed by atoms with van der Waals surface area (Å²) >= 11 is 0. The fourth-order valence-electron chi connectivity index (χ4n) is 2.56. The zero-order chi connectivity index (χ0) is 21.4. The summed E-state index contributed by atoms with van der Waals surface area (Å²) in [6, 6.07) is 10.9. The summed E-state index contributed by atoms with van der Waals surface area (Å²) in [5.74, 6) is 0.768. The van der Waals surface area contributed by atoms with Crippen LogP contribution >= 0.6 is 0 Å².